The SMILES string of the molecule is COc1ccc(S(=O)(=O)N2CCCC(C(=O)NCCSCc3ccc(Cl)c(Cl)c3)C2)cc1. The van der Waals surface area contributed by atoms with Gasteiger partial charge < -0.3 is 10.1 Å². The van der Waals surface area contributed by atoms with Crippen molar-refractivity contribution < 1.29 is 17.9 Å². The number of thioether (sulfide) groups is 1. The van der Waals surface area contributed by atoms with E-state index in [1.165, 1.54) is 23.5 Å². The van der Waals surface area contributed by atoms with Crippen molar-refractivity contribution in [2.24, 2.45) is 5.92 Å². The molecule has 0 saturated carbocycles. The van der Waals surface area contributed by atoms with Gasteiger partial charge in [0.1, 0.15) is 5.75 Å². The Hall–Kier alpha value is -1.45. The number of methoxy groups -OCH3 is 1. The van der Waals surface area contributed by atoms with Crippen LogP contribution in [0.2, 0.25) is 10.0 Å². The number of hydrogen-bond donors (Lipinski definition) is 1. The molecule has 1 N–H and O–H groups in total. The Bertz CT molecular complexity index is 1030. The highest BCUT2D eigenvalue weighted by atomic mass is 35.5. The third-order valence-corrected chi connectivity index (χ3v) is 8.90. The number of nitrogens with zero attached hydrogens (tertiary/aromatic N) is 1. The lowest BCUT2D eigenvalue weighted by Gasteiger charge is -2.31. The van der Waals surface area contributed by atoms with Crippen LogP contribution in [0.1, 0.15) is 18.4 Å². The maximum Gasteiger partial charge on any atom is 0.243 e. The minimum Gasteiger partial charge on any atom is -0.497 e. The molecule has 32 heavy (non-hydrogen) atoms. The van der Waals surface area contributed by atoms with E-state index < -0.39 is 10.0 Å². The number of carbonyl (C=O) groups is 1. The van der Waals surface area contributed by atoms with Gasteiger partial charge in [-0.15, -0.1) is 0 Å². The van der Waals surface area contributed by atoms with Crippen molar-refractivity contribution in [1.29, 1.82) is 0 Å². The highest BCUT2D eigenvalue weighted by Gasteiger charge is 2.33. The van der Waals surface area contributed by atoms with Crippen molar-refractivity contribution in [3.05, 3.63) is 58.1 Å². The largest absolute Gasteiger partial charge is 0.497 e. The van der Waals surface area contributed by atoms with Crippen LogP contribution in [0.5, 0.6) is 5.75 Å². The van der Waals surface area contributed by atoms with Gasteiger partial charge in [-0.25, -0.2) is 8.42 Å². The lowest BCUT2D eigenvalue weighted by molar-refractivity contribution is -0.125. The zero-order chi connectivity index (χ0) is 23.1. The topological polar surface area (TPSA) is 75.7 Å². The minimum atomic E-state index is -3.65. The van der Waals surface area contributed by atoms with Crippen molar-refractivity contribution in [2.45, 2.75) is 23.5 Å². The highest BCUT2D eigenvalue weighted by Crippen LogP contribution is 2.26. The fraction of sp³-hybridized carbons (Fsp3) is 0.409. The van der Waals surface area contributed by atoms with Crippen LogP contribution in [0.25, 0.3) is 0 Å². The molecule has 0 bridgehead atoms. The molecule has 1 aliphatic heterocycles. The molecule has 1 amide bonds. The molecule has 174 valence electrons. The van der Waals surface area contributed by atoms with E-state index in [1.54, 1.807) is 30.0 Å². The Labute approximate surface area is 203 Å². The summed E-state index contributed by atoms with van der Waals surface area (Å²) in [6.07, 6.45) is 1.33. The van der Waals surface area contributed by atoms with Gasteiger partial charge in [0.2, 0.25) is 15.9 Å². The van der Waals surface area contributed by atoms with Gasteiger partial charge in [-0.2, -0.15) is 16.1 Å². The second-order valence-corrected chi connectivity index (χ2v) is 11.3. The van der Waals surface area contributed by atoms with Gasteiger partial charge in [-0.3, -0.25) is 4.79 Å². The number of halogens is 2. The predicted molar refractivity (Wildman–Crippen MR) is 130 cm³/mol. The Morgan fingerprint density at radius 3 is 2.62 bits per heavy atom. The van der Waals surface area contributed by atoms with Gasteiger partial charge in [0.05, 0.1) is 28.0 Å². The minimum absolute atomic E-state index is 0.102. The summed E-state index contributed by atoms with van der Waals surface area (Å²) in [6, 6.07) is 11.9. The molecule has 0 spiro atoms. The zero-order valence-corrected chi connectivity index (χ0v) is 20.9. The first-order chi connectivity index (χ1) is 15.3. The summed E-state index contributed by atoms with van der Waals surface area (Å²) in [5.41, 5.74) is 1.07. The van der Waals surface area contributed by atoms with Gasteiger partial charge in [0.15, 0.2) is 0 Å². The smallest absolute Gasteiger partial charge is 0.243 e. The molecule has 0 aromatic heterocycles. The summed E-state index contributed by atoms with van der Waals surface area (Å²) in [5, 5.41) is 4.00. The van der Waals surface area contributed by atoms with Crippen LogP contribution in [0, 0.1) is 5.92 Å². The molecule has 1 fully saturated rings. The van der Waals surface area contributed by atoms with E-state index in [-0.39, 0.29) is 23.3 Å². The van der Waals surface area contributed by atoms with Crippen LogP contribution < -0.4 is 10.1 Å². The molecule has 3 rings (SSSR count). The number of rotatable bonds is 9. The maximum atomic E-state index is 13.0. The quantitative estimate of drug-likeness (QED) is 0.498. The van der Waals surface area contributed by atoms with Crippen LogP contribution in [0.15, 0.2) is 47.4 Å². The van der Waals surface area contributed by atoms with Crippen molar-refractivity contribution in [3.8, 4) is 5.75 Å². The monoisotopic (exact) mass is 516 g/mol. The second kappa shape index (κ2) is 11.6. The highest BCUT2D eigenvalue weighted by molar-refractivity contribution is 7.98. The van der Waals surface area contributed by atoms with E-state index in [4.69, 9.17) is 27.9 Å². The van der Waals surface area contributed by atoms with Crippen LogP contribution in [-0.4, -0.2) is 51.1 Å². The standard InChI is InChI=1S/C22H26Cl2N2O4S2/c1-30-18-5-7-19(8-6-18)32(28,29)26-11-2-3-17(14-26)22(27)25-10-12-31-15-16-4-9-20(23)21(24)13-16/h4-9,13,17H,2-3,10-12,14-15H2,1H3,(H,25,27). The second-order valence-electron chi connectivity index (χ2n) is 7.47. The lowest BCUT2D eigenvalue weighted by Crippen LogP contribution is -2.45. The van der Waals surface area contributed by atoms with Crippen LogP contribution in [0.4, 0.5) is 0 Å². The zero-order valence-electron chi connectivity index (χ0n) is 17.7. The van der Waals surface area contributed by atoms with Crippen LogP contribution in [-0.2, 0) is 20.6 Å². The molecule has 0 aliphatic carbocycles. The number of amides is 1. The van der Waals surface area contributed by atoms with Gasteiger partial charge in [-0.1, -0.05) is 29.3 Å². The predicted octanol–water partition coefficient (Wildman–Crippen LogP) is 4.45. The summed E-state index contributed by atoms with van der Waals surface area (Å²) in [4.78, 5) is 12.8. The molecule has 0 radical (unpaired) electrons. The van der Waals surface area contributed by atoms with Crippen molar-refractivity contribution in [1.82, 2.24) is 9.62 Å². The number of ether oxygens (including phenoxy) is 1. The Kier molecular flexibility index (Phi) is 9.13. The summed E-state index contributed by atoms with van der Waals surface area (Å²) in [7, 11) is -2.12. The van der Waals surface area contributed by atoms with E-state index in [2.05, 4.69) is 5.32 Å². The number of hydrogen-bond acceptors (Lipinski definition) is 5. The summed E-state index contributed by atoms with van der Waals surface area (Å²) < 4.78 is 32.4. The van der Waals surface area contributed by atoms with Gasteiger partial charge in [0.25, 0.3) is 0 Å². The Balaban J connectivity index is 1.46. The first kappa shape index (κ1) is 25.2. The molecule has 1 heterocycles. The summed E-state index contributed by atoms with van der Waals surface area (Å²) >= 11 is 13.6. The third-order valence-electron chi connectivity index (χ3n) is 5.25. The van der Waals surface area contributed by atoms with Gasteiger partial charge >= 0.3 is 0 Å². The molecule has 2 aromatic rings. The van der Waals surface area contributed by atoms with E-state index >= 15 is 0 Å². The third kappa shape index (κ3) is 6.54. The fourth-order valence-corrected chi connectivity index (χ4v) is 6.13. The molecule has 1 atom stereocenters. The van der Waals surface area contributed by atoms with E-state index in [0.29, 0.717) is 41.7 Å². The van der Waals surface area contributed by atoms with Crippen molar-refractivity contribution in [3.63, 3.8) is 0 Å². The van der Waals surface area contributed by atoms with Crippen LogP contribution >= 0.6 is 35.0 Å². The molecule has 1 unspecified atom stereocenters. The first-order valence-electron chi connectivity index (χ1n) is 10.2. The molecule has 1 aliphatic rings. The number of nitrogens with one attached hydrogen (secondary N) is 1. The van der Waals surface area contributed by atoms with Crippen molar-refractivity contribution in [2.75, 3.05) is 32.5 Å². The summed E-state index contributed by atoms with van der Waals surface area (Å²) in [5.74, 6) is 1.65. The number of sulfonamides is 1. The number of carbonyl (C=O) groups excluding carboxylic acids is 1. The normalized spacial score (nSPS) is 17.2. The van der Waals surface area contributed by atoms with Crippen LogP contribution in [0.3, 0.4) is 0 Å². The number of benzene rings is 2. The lowest BCUT2D eigenvalue weighted by atomic mass is 9.99. The number of piperidine rings is 1. The molecule has 6 nitrogen and oxygen atoms in total. The molecule has 2 aromatic carbocycles. The molecule has 10 heteroatoms. The van der Waals surface area contributed by atoms with E-state index in [9.17, 15) is 13.2 Å². The average Bonchev–Trinajstić information content (AvgIpc) is 2.81. The molecule has 1 saturated heterocycles. The van der Waals surface area contributed by atoms with Gasteiger partial charge in [-0.05, 0) is 54.8 Å². The van der Waals surface area contributed by atoms with Gasteiger partial charge in [0, 0.05) is 31.1 Å². The Morgan fingerprint density at radius 2 is 1.94 bits per heavy atom. The van der Waals surface area contributed by atoms with E-state index in [1.807, 2.05) is 12.1 Å². The summed E-state index contributed by atoms with van der Waals surface area (Å²) in [6.45, 7) is 1.13. The average molecular weight is 518 g/mol. The maximum absolute atomic E-state index is 13.0. The van der Waals surface area contributed by atoms with Crippen molar-refractivity contribution >= 4 is 50.9 Å². The molecular formula is C22H26Cl2N2O4S2. The Morgan fingerprint density at radius 1 is 1.19 bits per heavy atom. The van der Waals surface area contributed by atoms with E-state index in [0.717, 1.165) is 17.1 Å². The fourth-order valence-electron chi connectivity index (χ4n) is 3.48. The molecular weight excluding hydrogens is 491 g/mol. The first-order valence-corrected chi connectivity index (χ1v) is 13.6.